The molecule has 0 radical (unpaired) electrons. The highest BCUT2D eigenvalue weighted by atomic mass is 32.1. The fourth-order valence-corrected chi connectivity index (χ4v) is 4.50. The summed E-state index contributed by atoms with van der Waals surface area (Å²) in [5.41, 5.74) is 0.787. The van der Waals surface area contributed by atoms with E-state index in [-0.39, 0.29) is 18.1 Å². The van der Waals surface area contributed by atoms with Crippen LogP contribution in [0.15, 0.2) is 17.1 Å². The minimum absolute atomic E-state index is 0.0243. The van der Waals surface area contributed by atoms with Gasteiger partial charge in [-0.15, -0.1) is 21.5 Å². The van der Waals surface area contributed by atoms with Crippen LogP contribution in [-0.2, 0) is 20.2 Å². The second kappa shape index (κ2) is 6.90. The van der Waals surface area contributed by atoms with Crippen molar-refractivity contribution in [3.05, 3.63) is 44.8 Å². The van der Waals surface area contributed by atoms with Crippen LogP contribution in [0.4, 0.5) is 0 Å². The monoisotopic (exact) mass is 374 g/mol. The Balaban J connectivity index is 1.53. The maximum absolute atomic E-state index is 12.3. The summed E-state index contributed by atoms with van der Waals surface area (Å²) >= 11 is 1.54. The molecule has 0 aromatic carbocycles. The van der Waals surface area contributed by atoms with E-state index < -0.39 is 0 Å². The van der Waals surface area contributed by atoms with E-state index in [4.69, 9.17) is 0 Å². The molecule has 0 spiro atoms. The number of thiazole rings is 1. The molecule has 1 aliphatic rings. The van der Waals surface area contributed by atoms with E-state index >= 15 is 0 Å². The van der Waals surface area contributed by atoms with Crippen molar-refractivity contribution in [3.63, 3.8) is 0 Å². The highest BCUT2D eigenvalue weighted by Crippen LogP contribution is 2.26. The number of hydrogen-bond donors (Lipinski definition) is 1. The molecule has 8 nitrogen and oxygen atoms in total. The predicted octanol–water partition coefficient (Wildman–Crippen LogP) is 1.06. The zero-order chi connectivity index (χ0) is 18.3. The van der Waals surface area contributed by atoms with Gasteiger partial charge in [0, 0.05) is 43.2 Å². The third kappa shape index (κ3) is 3.17. The van der Waals surface area contributed by atoms with E-state index in [1.807, 2.05) is 24.7 Å². The molecule has 4 rings (SSSR count). The lowest BCUT2D eigenvalue weighted by Gasteiger charge is -2.31. The summed E-state index contributed by atoms with van der Waals surface area (Å²) in [6.45, 7) is 4.36. The molecule has 0 amide bonds. The molecule has 0 aliphatic carbocycles. The summed E-state index contributed by atoms with van der Waals surface area (Å²) in [7, 11) is 1.90. The fraction of sp³-hybridized carbons (Fsp3) is 0.529. The van der Waals surface area contributed by atoms with Gasteiger partial charge in [-0.1, -0.05) is 0 Å². The van der Waals surface area contributed by atoms with Gasteiger partial charge >= 0.3 is 0 Å². The Morgan fingerprint density at radius 1 is 1.38 bits per heavy atom. The number of nitrogens with zero attached hydrogens (tertiary/aromatic N) is 6. The minimum Gasteiger partial charge on any atom is -0.388 e. The lowest BCUT2D eigenvalue weighted by Crippen LogP contribution is -2.35. The molecule has 3 aromatic heterocycles. The lowest BCUT2D eigenvalue weighted by molar-refractivity contribution is 0.192. The van der Waals surface area contributed by atoms with Crippen LogP contribution in [0.5, 0.6) is 0 Å². The van der Waals surface area contributed by atoms with Gasteiger partial charge in [-0.25, -0.2) is 4.98 Å². The summed E-state index contributed by atoms with van der Waals surface area (Å²) in [6, 6.07) is 1.63. The summed E-state index contributed by atoms with van der Waals surface area (Å²) in [5, 5.41) is 17.6. The van der Waals surface area contributed by atoms with E-state index in [0.717, 1.165) is 47.3 Å². The summed E-state index contributed by atoms with van der Waals surface area (Å²) in [4.78, 5) is 21.1. The van der Waals surface area contributed by atoms with Crippen LogP contribution in [-0.4, -0.2) is 47.2 Å². The van der Waals surface area contributed by atoms with Gasteiger partial charge in [0.25, 0.3) is 5.56 Å². The zero-order valence-corrected chi connectivity index (χ0v) is 15.7. The first-order chi connectivity index (χ1) is 12.5. The number of likely N-dealkylation sites (tertiary alicyclic amines) is 1. The number of aryl methyl sites for hydroxylation is 1. The van der Waals surface area contributed by atoms with Crippen molar-refractivity contribution in [3.8, 4) is 0 Å². The Morgan fingerprint density at radius 2 is 2.23 bits per heavy atom. The number of aliphatic hydroxyl groups excluding tert-OH is 1. The summed E-state index contributed by atoms with van der Waals surface area (Å²) in [6.07, 6.45) is 3.95. The maximum atomic E-state index is 12.3. The Morgan fingerprint density at radius 3 is 3.00 bits per heavy atom. The Bertz CT molecular complexity index is 991. The average molecular weight is 374 g/mol. The number of rotatable bonds is 4. The van der Waals surface area contributed by atoms with Gasteiger partial charge < -0.3 is 9.67 Å². The first-order valence-corrected chi connectivity index (χ1v) is 9.57. The number of aromatic nitrogens is 5. The standard InChI is InChI=1S/C17H22N6O2S/c1-11-7-23-15(25)6-13(18-17(23)26-11)9-22-5-3-4-12(8-22)16-20-19-14(10-24)21(16)2/h6-7,12,24H,3-5,8-10H2,1-2H3/t12-/m0/s1. The number of aliphatic hydroxyl groups is 1. The van der Waals surface area contributed by atoms with Crippen molar-refractivity contribution < 1.29 is 5.11 Å². The van der Waals surface area contributed by atoms with Crippen molar-refractivity contribution in [2.24, 2.45) is 7.05 Å². The first-order valence-electron chi connectivity index (χ1n) is 8.75. The Hall–Kier alpha value is -2.10. The maximum Gasteiger partial charge on any atom is 0.258 e. The molecule has 1 saturated heterocycles. The number of hydrogen-bond acceptors (Lipinski definition) is 7. The summed E-state index contributed by atoms with van der Waals surface area (Å²) < 4.78 is 3.50. The quantitative estimate of drug-likeness (QED) is 0.735. The minimum atomic E-state index is -0.103. The molecule has 1 fully saturated rings. The van der Waals surface area contributed by atoms with Crippen molar-refractivity contribution in [2.75, 3.05) is 13.1 Å². The molecule has 1 atom stereocenters. The Kier molecular flexibility index (Phi) is 4.60. The third-order valence-electron chi connectivity index (χ3n) is 4.93. The zero-order valence-electron chi connectivity index (χ0n) is 14.9. The molecule has 3 aromatic rings. The van der Waals surface area contributed by atoms with Gasteiger partial charge in [0.2, 0.25) is 0 Å². The molecule has 0 saturated carbocycles. The molecule has 138 valence electrons. The second-order valence-electron chi connectivity index (χ2n) is 6.85. The van der Waals surface area contributed by atoms with Gasteiger partial charge in [0.05, 0.1) is 5.69 Å². The molecule has 26 heavy (non-hydrogen) atoms. The van der Waals surface area contributed by atoms with E-state index in [9.17, 15) is 9.90 Å². The third-order valence-corrected chi connectivity index (χ3v) is 5.83. The predicted molar refractivity (Wildman–Crippen MR) is 98.3 cm³/mol. The van der Waals surface area contributed by atoms with Crippen LogP contribution in [0, 0.1) is 6.92 Å². The van der Waals surface area contributed by atoms with E-state index in [1.165, 1.54) is 11.3 Å². The summed E-state index contributed by atoms with van der Waals surface area (Å²) in [5.74, 6) is 1.77. The van der Waals surface area contributed by atoms with Crippen LogP contribution >= 0.6 is 11.3 Å². The molecule has 0 bridgehead atoms. The van der Waals surface area contributed by atoms with Gasteiger partial charge in [0.1, 0.15) is 12.4 Å². The van der Waals surface area contributed by atoms with E-state index in [0.29, 0.717) is 12.4 Å². The second-order valence-corrected chi connectivity index (χ2v) is 8.06. The van der Waals surface area contributed by atoms with Crippen LogP contribution in [0.3, 0.4) is 0 Å². The molecule has 1 N–H and O–H groups in total. The number of piperidine rings is 1. The van der Waals surface area contributed by atoms with Crippen LogP contribution in [0.1, 0.15) is 41.0 Å². The van der Waals surface area contributed by atoms with Crippen molar-refractivity contribution in [1.29, 1.82) is 0 Å². The van der Waals surface area contributed by atoms with Crippen molar-refractivity contribution >= 4 is 16.3 Å². The van der Waals surface area contributed by atoms with E-state index in [2.05, 4.69) is 20.1 Å². The van der Waals surface area contributed by atoms with Gasteiger partial charge in [-0.05, 0) is 26.3 Å². The highest BCUT2D eigenvalue weighted by Gasteiger charge is 2.26. The lowest BCUT2D eigenvalue weighted by atomic mass is 9.97. The van der Waals surface area contributed by atoms with Crippen molar-refractivity contribution in [1.82, 2.24) is 29.0 Å². The first kappa shape index (κ1) is 17.3. The Labute approximate surface area is 154 Å². The normalized spacial score (nSPS) is 18.7. The SMILES string of the molecule is Cc1cn2c(=O)cc(CN3CCC[C@H](c4nnc(CO)n4C)C3)nc2s1. The molecule has 4 heterocycles. The van der Waals surface area contributed by atoms with Crippen LogP contribution in [0.2, 0.25) is 0 Å². The van der Waals surface area contributed by atoms with Crippen LogP contribution in [0.25, 0.3) is 4.96 Å². The largest absolute Gasteiger partial charge is 0.388 e. The fourth-order valence-electron chi connectivity index (χ4n) is 3.65. The molecular weight excluding hydrogens is 352 g/mol. The van der Waals surface area contributed by atoms with Crippen LogP contribution < -0.4 is 5.56 Å². The van der Waals surface area contributed by atoms with Gasteiger partial charge in [0.15, 0.2) is 10.8 Å². The molecule has 1 aliphatic heterocycles. The number of fused-ring (bicyclic) bond motifs is 1. The molecule has 9 heteroatoms. The average Bonchev–Trinajstić information content (AvgIpc) is 3.17. The topological polar surface area (TPSA) is 88.5 Å². The van der Waals surface area contributed by atoms with E-state index in [1.54, 1.807) is 10.5 Å². The van der Waals surface area contributed by atoms with Crippen molar-refractivity contribution in [2.45, 2.75) is 38.8 Å². The highest BCUT2D eigenvalue weighted by molar-refractivity contribution is 7.16. The molecule has 0 unspecified atom stereocenters. The van der Waals surface area contributed by atoms with Gasteiger partial charge in [-0.3, -0.25) is 14.1 Å². The molecular formula is C17H22N6O2S. The smallest absolute Gasteiger partial charge is 0.258 e. The van der Waals surface area contributed by atoms with Gasteiger partial charge in [-0.2, -0.15) is 0 Å².